The van der Waals surface area contributed by atoms with Crippen molar-refractivity contribution < 1.29 is 9.90 Å². The zero-order chi connectivity index (χ0) is 14.1. The molecule has 0 spiro atoms. The van der Waals surface area contributed by atoms with Gasteiger partial charge in [-0.2, -0.15) is 0 Å². The van der Waals surface area contributed by atoms with Crippen molar-refractivity contribution in [3.05, 3.63) is 58.1 Å². The monoisotopic (exact) mass is 349 g/mol. The number of hydrogen-bond donors (Lipinski definition) is 2. The first kappa shape index (κ1) is 13.7. The Balaban J connectivity index is 1.82. The van der Waals surface area contributed by atoms with Gasteiger partial charge in [0.05, 0.1) is 0 Å². The van der Waals surface area contributed by atoms with Crippen LogP contribution in [0.4, 0.5) is 5.69 Å². The predicted molar refractivity (Wildman–Crippen MR) is 83.7 cm³/mol. The largest absolute Gasteiger partial charge is 0.378 e. The highest BCUT2D eigenvalue weighted by Crippen LogP contribution is 2.39. The molecule has 2 N–H and O–H groups in total. The first-order valence-corrected chi connectivity index (χ1v) is 7.92. The number of carbonyl (C=O) groups is 1. The van der Waals surface area contributed by atoms with Crippen LogP contribution in [-0.4, -0.2) is 11.0 Å². The van der Waals surface area contributed by atoms with Crippen LogP contribution in [0.3, 0.4) is 0 Å². The Labute approximate surface area is 129 Å². The zero-order valence-corrected chi connectivity index (χ0v) is 12.9. The van der Waals surface area contributed by atoms with Gasteiger partial charge in [0, 0.05) is 26.4 Å². The number of amides is 1. The van der Waals surface area contributed by atoms with E-state index in [9.17, 15) is 9.90 Å². The summed E-state index contributed by atoms with van der Waals surface area (Å²) in [6, 6.07) is 13.9. The molecule has 1 atom stereocenters. The molecular formula is C15H12BrNO2S. The molecule has 20 heavy (non-hydrogen) atoms. The second kappa shape index (κ2) is 5.60. The van der Waals surface area contributed by atoms with Gasteiger partial charge in [0.1, 0.15) is 0 Å². The highest BCUT2D eigenvalue weighted by atomic mass is 79.9. The Bertz CT molecular complexity index is 660. The molecule has 0 aromatic heterocycles. The SMILES string of the molecule is O=C1Nc2cc(SCc3ccccc3)c(Br)cc2C1O. The number of hydrogen-bond acceptors (Lipinski definition) is 3. The second-order valence-corrected chi connectivity index (χ2v) is 6.41. The molecule has 1 unspecified atom stereocenters. The molecule has 3 rings (SSSR count). The number of fused-ring (bicyclic) bond motifs is 1. The maximum Gasteiger partial charge on any atom is 0.257 e. The standard InChI is InChI=1S/C15H12BrNO2S/c16-11-6-10-12(17-15(19)14(10)18)7-13(11)20-8-9-4-2-1-3-5-9/h1-7,14,18H,8H2,(H,17,19). The third kappa shape index (κ3) is 2.61. The Kier molecular flexibility index (Phi) is 3.83. The topological polar surface area (TPSA) is 49.3 Å². The summed E-state index contributed by atoms with van der Waals surface area (Å²) in [7, 11) is 0. The van der Waals surface area contributed by atoms with Crippen molar-refractivity contribution in [1.29, 1.82) is 0 Å². The summed E-state index contributed by atoms with van der Waals surface area (Å²) in [6.07, 6.45) is -1.06. The third-order valence-corrected chi connectivity index (χ3v) is 5.19. The molecule has 5 heteroatoms. The number of aliphatic hydroxyl groups is 1. The number of aliphatic hydroxyl groups excluding tert-OH is 1. The van der Waals surface area contributed by atoms with Gasteiger partial charge in [0.2, 0.25) is 0 Å². The quantitative estimate of drug-likeness (QED) is 0.830. The molecule has 1 aliphatic heterocycles. The molecule has 3 nitrogen and oxygen atoms in total. The number of anilines is 1. The fourth-order valence-corrected chi connectivity index (χ4v) is 3.71. The minimum absolute atomic E-state index is 0.364. The fraction of sp³-hybridized carbons (Fsp3) is 0.133. The first-order valence-electron chi connectivity index (χ1n) is 6.14. The van der Waals surface area contributed by atoms with Crippen molar-refractivity contribution in [3.8, 4) is 0 Å². The van der Waals surface area contributed by atoms with Gasteiger partial charge in [-0.1, -0.05) is 30.3 Å². The number of nitrogens with one attached hydrogen (secondary N) is 1. The van der Waals surface area contributed by atoms with E-state index in [2.05, 4.69) is 33.4 Å². The number of carbonyl (C=O) groups excluding carboxylic acids is 1. The van der Waals surface area contributed by atoms with Crippen LogP contribution in [0.1, 0.15) is 17.2 Å². The lowest BCUT2D eigenvalue weighted by Crippen LogP contribution is -2.10. The molecule has 1 heterocycles. The van der Waals surface area contributed by atoms with Crippen LogP contribution in [0.2, 0.25) is 0 Å². The average Bonchev–Trinajstić information content (AvgIpc) is 2.73. The minimum Gasteiger partial charge on any atom is -0.378 e. The van der Waals surface area contributed by atoms with Crippen LogP contribution in [0.25, 0.3) is 0 Å². The Morgan fingerprint density at radius 3 is 2.75 bits per heavy atom. The Morgan fingerprint density at radius 1 is 1.25 bits per heavy atom. The zero-order valence-electron chi connectivity index (χ0n) is 10.5. The van der Waals surface area contributed by atoms with Gasteiger partial charge in [0.15, 0.2) is 6.10 Å². The predicted octanol–water partition coefficient (Wildman–Crippen LogP) is 3.73. The molecule has 0 fully saturated rings. The van der Waals surface area contributed by atoms with Gasteiger partial charge in [-0.3, -0.25) is 4.79 Å². The van der Waals surface area contributed by atoms with E-state index in [0.29, 0.717) is 11.3 Å². The number of rotatable bonds is 3. The number of halogens is 1. The maximum absolute atomic E-state index is 11.4. The Hall–Kier alpha value is -1.30. The van der Waals surface area contributed by atoms with Gasteiger partial charge in [-0.15, -0.1) is 11.8 Å². The summed E-state index contributed by atoms with van der Waals surface area (Å²) in [5, 5.41) is 12.4. The summed E-state index contributed by atoms with van der Waals surface area (Å²) < 4.78 is 0.896. The van der Waals surface area contributed by atoms with Crippen LogP contribution in [0.5, 0.6) is 0 Å². The van der Waals surface area contributed by atoms with Gasteiger partial charge >= 0.3 is 0 Å². The molecule has 2 aromatic rings. The fourth-order valence-electron chi connectivity index (χ4n) is 2.09. The van der Waals surface area contributed by atoms with Gasteiger partial charge in [-0.25, -0.2) is 0 Å². The van der Waals surface area contributed by atoms with Crippen LogP contribution in [-0.2, 0) is 10.5 Å². The van der Waals surface area contributed by atoms with E-state index >= 15 is 0 Å². The smallest absolute Gasteiger partial charge is 0.257 e. The first-order chi connectivity index (χ1) is 9.65. The summed E-state index contributed by atoms with van der Waals surface area (Å²) in [5.74, 6) is 0.492. The van der Waals surface area contributed by atoms with E-state index in [4.69, 9.17) is 0 Å². The molecule has 0 saturated carbocycles. The van der Waals surface area contributed by atoms with E-state index in [0.717, 1.165) is 15.1 Å². The van der Waals surface area contributed by atoms with E-state index in [1.165, 1.54) is 5.56 Å². The van der Waals surface area contributed by atoms with Crippen molar-refractivity contribution >= 4 is 39.3 Å². The molecule has 0 aliphatic carbocycles. The molecule has 0 radical (unpaired) electrons. The van der Waals surface area contributed by atoms with Crippen LogP contribution in [0.15, 0.2) is 51.8 Å². The van der Waals surface area contributed by atoms with Crippen molar-refractivity contribution in [2.45, 2.75) is 16.8 Å². The van der Waals surface area contributed by atoms with E-state index < -0.39 is 6.10 Å². The van der Waals surface area contributed by atoms with E-state index in [1.54, 1.807) is 11.8 Å². The molecule has 0 saturated heterocycles. The lowest BCUT2D eigenvalue weighted by atomic mass is 10.1. The summed E-state index contributed by atoms with van der Waals surface area (Å²) in [5.41, 5.74) is 2.57. The third-order valence-electron chi connectivity index (χ3n) is 3.14. The highest BCUT2D eigenvalue weighted by Gasteiger charge is 2.29. The van der Waals surface area contributed by atoms with Crippen molar-refractivity contribution in [2.75, 3.05) is 5.32 Å². The van der Waals surface area contributed by atoms with Crippen LogP contribution < -0.4 is 5.32 Å². The summed E-state index contributed by atoms with van der Waals surface area (Å²) >= 11 is 5.19. The molecule has 1 aliphatic rings. The van der Waals surface area contributed by atoms with Crippen molar-refractivity contribution in [3.63, 3.8) is 0 Å². The molecule has 1 amide bonds. The van der Waals surface area contributed by atoms with Crippen molar-refractivity contribution in [2.24, 2.45) is 0 Å². The minimum atomic E-state index is -1.06. The molecule has 0 bridgehead atoms. The molecule has 102 valence electrons. The summed E-state index contributed by atoms with van der Waals surface area (Å²) in [6.45, 7) is 0. The van der Waals surface area contributed by atoms with Gasteiger partial charge in [0.25, 0.3) is 5.91 Å². The Morgan fingerprint density at radius 2 is 2.00 bits per heavy atom. The molecular weight excluding hydrogens is 338 g/mol. The lowest BCUT2D eigenvalue weighted by Gasteiger charge is -2.08. The maximum atomic E-state index is 11.4. The molecule has 2 aromatic carbocycles. The van der Waals surface area contributed by atoms with Crippen molar-refractivity contribution in [1.82, 2.24) is 0 Å². The highest BCUT2D eigenvalue weighted by molar-refractivity contribution is 9.10. The van der Waals surface area contributed by atoms with Crippen LogP contribution in [0, 0.1) is 0 Å². The lowest BCUT2D eigenvalue weighted by molar-refractivity contribution is -0.123. The summed E-state index contributed by atoms with van der Waals surface area (Å²) in [4.78, 5) is 12.5. The normalized spacial score (nSPS) is 16.9. The average molecular weight is 350 g/mol. The van der Waals surface area contributed by atoms with Gasteiger partial charge < -0.3 is 10.4 Å². The second-order valence-electron chi connectivity index (χ2n) is 4.54. The van der Waals surface area contributed by atoms with E-state index in [-0.39, 0.29) is 5.91 Å². The van der Waals surface area contributed by atoms with Gasteiger partial charge in [-0.05, 0) is 33.6 Å². The number of benzene rings is 2. The van der Waals surface area contributed by atoms with E-state index in [1.807, 2.05) is 30.3 Å². The van der Waals surface area contributed by atoms with Crippen LogP contribution >= 0.6 is 27.7 Å². The number of thioether (sulfide) groups is 1.